The van der Waals surface area contributed by atoms with E-state index in [9.17, 15) is 4.79 Å². The molecular formula is C17H19N3O4. The molecule has 2 aromatic carbocycles. The lowest BCUT2D eigenvalue weighted by Gasteiger charge is -2.15. The van der Waals surface area contributed by atoms with Gasteiger partial charge in [0.05, 0.1) is 20.4 Å². The zero-order chi connectivity index (χ0) is 17.4. The Bertz CT molecular complexity index is 692. The van der Waals surface area contributed by atoms with Crippen molar-refractivity contribution < 1.29 is 19.0 Å². The third-order valence-electron chi connectivity index (χ3n) is 3.10. The minimum Gasteiger partial charge on any atom is -0.493 e. The van der Waals surface area contributed by atoms with Crippen molar-refractivity contribution in [1.82, 2.24) is 5.43 Å². The van der Waals surface area contributed by atoms with Gasteiger partial charge in [-0.3, -0.25) is 0 Å². The second-order valence-corrected chi connectivity index (χ2v) is 4.76. The minimum absolute atomic E-state index is 0.379. The monoisotopic (exact) mass is 329 g/mol. The fourth-order valence-electron chi connectivity index (χ4n) is 2.02. The number of nitrogens with one attached hydrogen (secondary N) is 1. The zero-order valence-corrected chi connectivity index (χ0v) is 13.5. The summed E-state index contributed by atoms with van der Waals surface area (Å²) in [7, 11) is 3.07. The Balaban J connectivity index is 2.23. The van der Waals surface area contributed by atoms with Crippen molar-refractivity contribution in [2.45, 2.75) is 6.61 Å². The van der Waals surface area contributed by atoms with Gasteiger partial charge >= 0.3 is 6.03 Å². The summed E-state index contributed by atoms with van der Waals surface area (Å²) in [6.07, 6.45) is 1.43. The predicted molar refractivity (Wildman–Crippen MR) is 90.6 cm³/mol. The number of nitrogens with two attached hydrogens (primary N) is 1. The third-order valence-corrected chi connectivity index (χ3v) is 3.10. The Morgan fingerprint density at radius 1 is 1.17 bits per heavy atom. The quantitative estimate of drug-likeness (QED) is 0.602. The minimum atomic E-state index is -0.743. The van der Waals surface area contributed by atoms with Crippen LogP contribution in [0.3, 0.4) is 0 Å². The molecule has 0 aliphatic rings. The molecule has 126 valence electrons. The first-order valence-corrected chi connectivity index (χ1v) is 7.15. The van der Waals surface area contributed by atoms with E-state index in [0.717, 1.165) is 5.56 Å². The number of benzene rings is 2. The fraction of sp³-hybridized carbons (Fsp3) is 0.176. The van der Waals surface area contributed by atoms with E-state index in [1.807, 2.05) is 30.3 Å². The summed E-state index contributed by atoms with van der Waals surface area (Å²) >= 11 is 0. The van der Waals surface area contributed by atoms with E-state index in [1.54, 1.807) is 12.1 Å². The average molecular weight is 329 g/mol. The number of carbonyl (C=O) groups is 1. The Morgan fingerprint density at radius 2 is 1.79 bits per heavy atom. The molecule has 0 heterocycles. The molecule has 0 radical (unpaired) electrons. The summed E-state index contributed by atoms with van der Waals surface area (Å²) in [5.41, 5.74) is 8.76. The number of nitrogens with zero attached hydrogens (tertiary/aromatic N) is 1. The van der Waals surface area contributed by atoms with Crippen LogP contribution < -0.4 is 25.4 Å². The van der Waals surface area contributed by atoms with E-state index in [1.165, 1.54) is 20.4 Å². The van der Waals surface area contributed by atoms with Gasteiger partial charge in [-0.1, -0.05) is 30.3 Å². The highest BCUT2D eigenvalue weighted by Crippen LogP contribution is 2.38. The van der Waals surface area contributed by atoms with E-state index >= 15 is 0 Å². The lowest BCUT2D eigenvalue weighted by atomic mass is 10.2. The van der Waals surface area contributed by atoms with Crippen molar-refractivity contribution in [3.05, 3.63) is 53.6 Å². The van der Waals surface area contributed by atoms with E-state index in [-0.39, 0.29) is 0 Å². The molecule has 7 nitrogen and oxygen atoms in total. The number of urea groups is 1. The molecule has 0 aliphatic carbocycles. The van der Waals surface area contributed by atoms with Crippen LogP contribution in [0.5, 0.6) is 17.2 Å². The van der Waals surface area contributed by atoms with Crippen molar-refractivity contribution in [1.29, 1.82) is 0 Å². The van der Waals surface area contributed by atoms with Crippen LogP contribution in [0.25, 0.3) is 0 Å². The number of primary amides is 1. The Hall–Kier alpha value is -3.22. The number of hydrogen-bond acceptors (Lipinski definition) is 5. The third kappa shape index (κ3) is 4.64. The number of amides is 2. The van der Waals surface area contributed by atoms with E-state index < -0.39 is 6.03 Å². The van der Waals surface area contributed by atoms with Gasteiger partial charge in [-0.2, -0.15) is 5.10 Å². The smallest absolute Gasteiger partial charge is 0.332 e. The average Bonchev–Trinajstić information content (AvgIpc) is 2.60. The van der Waals surface area contributed by atoms with Crippen LogP contribution in [0, 0.1) is 0 Å². The van der Waals surface area contributed by atoms with Crippen LogP contribution in [-0.4, -0.2) is 26.5 Å². The van der Waals surface area contributed by atoms with Gasteiger partial charge in [0.15, 0.2) is 11.5 Å². The standard InChI is InChI=1S/C17H19N3O4/c1-22-14-8-13(10-19-20-17(18)21)9-15(23-2)16(14)24-11-12-6-4-3-5-7-12/h3-10H,11H2,1-2H3,(H3,18,20,21)/b19-10-. The van der Waals surface area contributed by atoms with Crippen LogP contribution in [0.4, 0.5) is 4.79 Å². The highest BCUT2D eigenvalue weighted by atomic mass is 16.5. The van der Waals surface area contributed by atoms with E-state index in [2.05, 4.69) is 10.5 Å². The molecule has 0 atom stereocenters. The molecule has 2 rings (SSSR count). The second-order valence-electron chi connectivity index (χ2n) is 4.76. The van der Waals surface area contributed by atoms with Gasteiger partial charge in [0.25, 0.3) is 0 Å². The van der Waals surface area contributed by atoms with Crippen LogP contribution in [-0.2, 0) is 6.61 Å². The molecule has 7 heteroatoms. The molecule has 24 heavy (non-hydrogen) atoms. The van der Waals surface area contributed by atoms with Crippen molar-refractivity contribution in [2.75, 3.05) is 14.2 Å². The number of hydrogen-bond donors (Lipinski definition) is 2. The fourth-order valence-corrected chi connectivity index (χ4v) is 2.02. The maximum absolute atomic E-state index is 10.6. The van der Waals surface area contributed by atoms with Gasteiger partial charge in [0.1, 0.15) is 6.61 Å². The number of hydrazone groups is 1. The summed E-state index contributed by atoms with van der Waals surface area (Å²) in [5, 5.41) is 3.71. The summed E-state index contributed by atoms with van der Waals surface area (Å²) < 4.78 is 16.6. The lowest BCUT2D eigenvalue weighted by molar-refractivity contribution is 0.249. The van der Waals surface area contributed by atoms with Gasteiger partial charge in [-0.05, 0) is 17.7 Å². The summed E-state index contributed by atoms with van der Waals surface area (Å²) in [6.45, 7) is 0.379. The van der Waals surface area contributed by atoms with Gasteiger partial charge in [0.2, 0.25) is 5.75 Å². The Kier molecular flexibility index (Phi) is 6.01. The highest BCUT2D eigenvalue weighted by molar-refractivity contribution is 5.83. The molecular weight excluding hydrogens is 310 g/mol. The number of ether oxygens (including phenoxy) is 3. The first-order chi connectivity index (χ1) is 11.6. The van der Waals surface area contributed by atoms with Gasteiger partial charge in [-0.25, -0.2) is 10.2 Å². The molecule has 0 aromatic heterocycles. The van der Waals surface area contributed by atoms with E-state index in [0.29, 0.717) is 29.4 Å². The molecule has 0 saturated heterocycles. The molecule has 0 bridgehead atoms. The number of methoxy groups -OCH3 is 2. The zero-order valence-electron chi connectivity index (χ0n) is 13.5. The lowest BCUT2D eigenvalue weighted by Crippen LogP contribution is -2.24. The molecule has 0 aliphatic heterocycles. The van der Waals surface area contributed by atoms with Crippen LogP contribution in [0.1, 0.15) is 11.1 Å². The Morgan fingerprint density at radius 3 is 2.33 bits per heavy atom. The molecule has 0 saturated carbocycles. The predicted octanol–water partition coefficient (Wildman–Crippen LogP) is 2.29. The first-order valence-electron chi connectivity index (χ1n) is 7.15. The Labute approximate surface area is 140 Å². The highest BCUT2D eigenvalue weighted by Gasteiger charge is 2.14. The molecule has 0 fully saturated rings. The van der Waals surface area contributed by atoms with Crippen molar-refractivity contribution in [2.24, 2.45) is 10.8 Å². The van der Waals surface area contributed by atoms with Gasteiger partial charge < -0.3 is 19.9 Å². The summed E-state index contributed by atoms with van der Waals surface area (Å²) in [6, 6.07) is 12.5. The van der Waals surface area contributed by atoms with Crippen molar-refractivity contribution in [3.8, 4) is 17.2 Å². The summed E-state index contributed by atoms with van der Waals surface area (Å²) in [4.78, 5) is 10.6. The number of carbonyl (C=O) groups excluding carboxylic acids is 1. The maximum atomic E-state index is 10.6. The maximum Gasteiger partial charge on any atom is 0.332 e. The molecule has 0 spiro atoms. The van der Waals surface area contributed by atoms with Crippen LogP contribution in [0.2, 0.25) is 0 Å². The van der Waals surface area contributed by atoms with E-state index in [4.69, 9.17) is 19.9 Å². The van der Waals surface area contributed by atoms with Crippen LogP contribution >= 0.6 is 0 Å². The molecule has 2 amide bonds. The summed E-state index contributed by atoms with van der Waals surface area (Å²) in [5.74, 6) is 1.47. The van der Waals surface area contributed by atoms with Crippen molar-refractivity contribution >= 4 is 12.2 Å². The van der Waals surface area contributed by atoms with Gasteiger partial charge in [0, 0.05) is 5.56 Å². The topological polar surface area (TPSA) is 95.2 Å². The normalized spacial score (nSPS) is 10.4. The molecule has 3 N–H and O–H groups in total. The van der Waals surface area contributed by atoms with Crippen LogP contribution in [0.15, 0.2) is 47.6 Å². The molecule has 0 unspecified atom stereocenters. The molecule has 2 aromatic rings. The first kappa shape index (κ1) is 17.1. The van der Waals surface area contributed by atoms with Gasteiger partial charge in [-0.15, -0.1) is 0 Å². The van der Waals surface area contributed by atoms with Crippen molar-refractivity contribution in [3.63, 3.8) is 0 Å². The second kappa shape index (κ2) is 8.42. The number of rotatable bonds is 7. The SMILES string of the molecule is COc1cc(/C=N\NC(N)=O)cc(OC)c1OCc1ccccc1. The largest absolute Gasteiger partial charge is 0.493 e.